The summed E-state index contributed by atoms with van der Waals surface area (Å²) in [5.74, 6) is 0. The molecule has 40 heavy (non-hydrogen) atoms. The first-order valence-corrected chi connectivity index (χ1v) is 14.0. The highest BCUT2D eigenvalue weighted by atomic mass is 14.2. The van der Waals surface area contributed by atoms with Crippen molar-refractivity contribution in [2.75, 3.05) is 0 Å². The van der Waals surface area contributed by atoms with Crippen molar-refractivity contribution < 1.29 is 0 Å². The van der Waals surface area contributed by atoms with Crippen molar-refractivity contribution in [3.8, 4) is 11.1 Å². The van der Waals surface area contributed by atoms with Crippen LogP contribution in [0, 0.1) is 0 Å². The Bertz CT molecular complexity index is 2430. The van der Waals surface area contributed by atoms with Crippen LogP contribution >= 0.6 is 0 Å². The lowest BCUT2D eigenvalue weighted by molar-refractivity contribution is 1.72. The fraction of sp³-hybridized carbons (Fsp3) is 0. The molecule has 0 aliphatic heterocycles. The molecule has 0 aliphatic rings. The van der Waals surface area contributed by atoms with E-state index in [-0.39, 0.29) is 0 Å². The predicted molar refractivity (Wildman–Crippen MR) is 174 cm³/mol. The van der Waals surface area contributed by atoms with E-state index in [1.807, 2.05) is 0 Å². The Morgan fingerprint density at radius 1 is 0.250 bits per heavy atom. The van der Waals surface area contributed by atoms with Gasteiger partial charge < -0.3 is 0 Å². The molecule has 0 N–H and O–H groups in total. The molecule has 0 spiro atoms. The first-order valence-electron chi connectivity index (χ1n) is 14.0. The van der Waals surface area contributed by atoms with E-state index in [4.69, 9.17) is 0 Å². The number of fused-ring (bicyclic) bond motifs is 13. The fourth-order valence-electron chi connectivity index (χ4n) is 7.10. The Labute approximate surface area is 231 Å². The topological polar surface area (TPSA) is 0 Å². The Balaban J connectivity index is 1.51. The lowest BCUT2D eigenvalue weighted by Crippen LogP contribution is -1.90. The Kier molecular flexibility index (Phi) is 4.42. The molecule has 0 nitrogen and oxygen atoms in total. The van der Waals surface area contributed by atoms with E-state index in [2.05, 4.69) is 146 Å². The molecule has 0 saturated carbocycles. The van der Waals surface area contributed by atoms with E-state index in [1.165, 1.54) is 86.5 Å². The molecule has 184 valence electrons. The van der Waals surface area contributed by atoms with Gasteiger partial charge in [0.2, 0.25) is 0 Å². The van der Waals surface area contributed by atoms with Crippen molar-refractivity contribution in [1.82, 2.24) is 0 Å². The average molecular weight is 505 g/mol. The molecule has 9 aromatic carbocycles. The molecule has 9 aromatic rings. The number of rotatable bonds is 1. The summed E-state index contributed by atoms with van der Waals surface area (Å²) in [5.41, 5.74) is 2.57. The first-order chi connectivity index (χ1) is 19.9. The van der Waals surface area contributed by atoms with Crippen LogP contribution in [0.15, 0.2) is 146 Å². The summed E-state index contributed by atoms with van der Waals surface area (Å²) in [5, 5.41) is 18.3. The smallest absolute Gasteiger partial charge is 0.00139 e. The second kappa shape index (κ2) is 8.15. The summed E-state index contributed by atoms with van der Waals surface area (Å²) in [6.07, 6.45) is 0. The lowest BCUT2D eigenvalue weighted by Gasteiger charge is -2.18. The van der Waals surface area contributed by atoms with Crippen LogP contribution in [0.2, 0.25) is 0 Å². The zero-order chi connectivity index (χ0) is 26.2. The van der Waals surface area contributed by atoms with E-state index in [1.54, 1.807) is 0 Å². The summed E-state index contributed by atoms with van der Waals surface area (Å²) in [6, 6.07) is 53.8. The summed E-state index contributed by atoms with van der Waals surface area (Å²) >= 11 is 0. The van der Waals surface area contributed by atoms with E-state index in [0.29, 0.717) is 0 Å². The minimum Gasteiger partial charge on any atom is -0.0616 e. The number of hydrogen-bond acceptors (Lipinski definition) is 0. The van der Waals surface area contributed by atoms with Crippen molar-refractivity contribution in [3.63, 3.8) is 0 Å². The van der Waals surface area contributed by atoms with Crippen LogP contribution in [0.3, 0.4) is 0 Å². The molecule has 0 heterocycles. The standard InChI is InChI=1S/C40H24/c1-3-13-28-25(11-1)23-26-12-2-4-14-29(26)38(28)27-21-22-36-37(24-27)32-17-7-10-20-35(32)39-33-18-8-5-15-30(33)31-16-6-9-19-34(31)40(36)39/h1-24H. The van der Waals surface area contributed by atoms with Crippen LogP contribution < -0.4 is 0 Å². The molecule has 0 aliphatic carbocycles. The van der Waals surface area contributed by atoms with Crippen LogP contribution in [-0.4, -0.2) is 0 Å². The monoisotopic (exact) mass is 504 g/mol. The summed E-state index contributed by atoms with van der Waals surface area (Å²) in [7, 11) is 0. The fourth-order valence-corrected chi connectivity index (χ4v) is 7.10. The van der Waals surface area contributed by atoms with Gasteiger partial charge in [0.1, 0.15) is 0 Å². The van der Waals surface area contributed by atoms with Gasteiger partial charge in [-0.2, -0.15) is 0 Å². The minimum absolute atomic E-state index is 1.26. The SMILES string of the molecule is c1ccc2c(-c3ccc4c(c3)c3ccccc3c3c5ccccc5c5ccccc5c43)c3ccccc3cc2c1. The van der Waals surface area contributed by atoms with Gasteiger partial charge in [0.25, 0.3) is 0 Å². The van der Waals surface area contributed by atoms with Gasteiger partial charge in [0, 0.05) is 0 Å². The third-order valence-corrected chi connectivity index (χ3v) is 8.77. The van der Waals surface area contributed by atoms with Crippen LogP contribution in [0.1, 0.15) is 0 Å². The Morgan fingerprint density at radius 2 is 0.625 bits per heavy atom. The zero-order valence-corrected chi connectivity index (χ0v) is 21.9. The first kappa shape index (κ1) is 21.7. The molecule has 0 aromatic heterocycles. The van der Waals surface area contributed by atoms with Crippen LogP contribution in [0.4, 0.5) is 0 Å². The third-order valence-electron chi connectivity index (χ3n) is 8.77. The third kappa shape index (κ3) is 2.91. The van der Waals surface area contributed by atoms with E-state index in [0.717, 1.165) is 0 Å². The van der Waals surface area contributed by atoms with Crippen LogP contribution in [0.25, 0.3) is 86.5 Å². The van der Waals surface area contributed by atoms with Gasteiger partial charge in [-0.15, -0.1) is 0 Å². The van der Waals surface area contributed by atoms with Crippen molar-refractivity contribution in [2.45, 2.75) is 0 Å². The molecule has 0 atom stereocenters. The summed E-state index contributed by atoms with van der Waals surface area (Å²) in [6.45, 7) is 0. The van der Waals surface area contributed by atoms with Crippen molar-refractivity contribution in [3.05, 3.63) is 146 Å². The normalized spacial score (nSPS) is 12.0. The van der Waals surface area contributed by atoms with Gasteiger partial charge in [0.15, 0.2) is 0 Å². The highest BCUT2D eigenvalue weighted by molar-refractivity contribution is 6.39. The highest BCUT2D eigenvalue weighted by Crippen LogP contribution is 2.45. The van der Waals surface area contributed by atoms with Gasteiger partial charge >= 0.3 is 0 Å². The predicted octanol–water partition coefficient (Wildman–Crippen LogP) is 11.4. The molecule has 9 rings (SSSR count). The molecule has 0 fully saturated rings. The van der Waals surface area contributed by atoms with E-state index >= 15 is 0 Å². The van der Waals surface area contributed by atoms with Gasteiger partial charge in [-0.3, -0.25) is 0 Å². The molecule has 0 radical (unpaired) electrons. The second-order valence-electron chi connectivity index (χ2n) is 10.8. The Morgan fingerprint density at radius 3 is 1.12 bits per heavy atom. The maximum absolute atomic E-state index is 2.44. The van der Waals surface area contributed by atoms with Gasteiger partial charge in [-0.05, 0) is 98.7 Å². The van der Waals surface area contributed by atoms with E-state index in [9.17, 15) is 0 Å². The minimum atomic E-state index is 1.26. The van der Waals surface area contributed by atoms with Gasteiger partial charge in [-0.1, -0.05) is 133 Å². The number of benzene rings is 9. The Hall–Kier alpha value is -5.20. The molecule has 0 unspecified atom stereocenters. The van der Waals surface area contributed by atoms with Crippen molar-refractivity contribution in [2.24, 2.45) is 0 Å². The zero-order valence-electron chi connectivity index (χ0n) is 21.9. The molecule has 0 saturated heterocycles. The maximum atomic E-state index is 2.44. The van der Waals surface area contributed by atoms with Gasteiger partial charge in [0.05, 0.1) is 0 Å². The highest BCUT2D eigenvalue weighted by Gasteiger charge is 2.17. The largest absolute Gasteiger partial charge is 0.0616 e. The van der Waals surface area contributed by atoms with Crippen molar-refractivity contribution in [1.29, 1.82) is 0 Å². The quantitative estimate of drug-likeness (QED) is 0.154. The lowest BCUT2D eigenvalue weighted by atomic mass is 9.85. The van der Waals surface area contributed by atoms with Gasteiger partial charge in [-0.25, -0.2) is 0 Å². The molecule has 0 heteroatoms. The van der Waals surface area contributed by atoms with Crippen LogP contribution in [0.5, 0.6) is 0 Å². The average Bonchev–Trinajstić information content (AvgIpc) is 3.03. The van der Waals surface area contributed by atoms with Crippen LogP contribution in [-0.2, 0) is 0 Å². The summed E-state index contributed by atoms with van der Waals surface area (Å²) < 4.78 is 0. The molecular weight excluding hydrogens is 480 g/mol. The second-order valence-corrected chi connectivity index (χ2v) is 10.8. The molecular formula is C40H24. The number of hydrogen-bond donors (Lipinski definition) is 0. The summed E-state index contributed by atoms with van der Waals surface area (Å²) in [4.78, 5) is 0. The van der Waals surface area contributed by atoms with E-state index < -0.39 is 0 Å². The molecule has 0 bridgehead atoms. The van der Waals surface area contributed by atoms with Crippen molar-refractivity contribution >= 4 is 75.4 Å². The maximum Gasteiger partial charge on any atom is -0.00139 e. The molecule has 0 amide bonds.